The van der Waals surface area contributed by atoms with Crippen molar-refractivity contribution in [1.82, 2.24) is 10.6 Å². The molecule has 116 valence electrons. The van der Waals surface area contributed by atoms with Gasteiger partial charge in [0.1, 0.15) is 0 Å². The van der Waals surface area contributed by atoms with Crippen molar-refractivity contribution in [3.05, 3.63) is 39.9 Å². The van der Waals surface area contributed by atoms with E-state index in [9.17, 15) is 14.9 Å². The van der Waals surface area contributed by atoms with Crippen LogP contribution in [0, 0.1) is 16.0 Å². The lowest BCUT2D eigenvalue weighted by atomic mass is 10.0. The normalized spacial score (nSPS) is 13.8. The summed E-state index contributed by atoms with van der Waals surface area (Å²) in [6, 6.07) is 6.01. The van der Waals surface area contributed by atoms with Crippen LogP contribution < -0.4 is 10.6 Å². The lowest BCUT2D eigenvalue weighted by Crippen LogP contribution is -2.44. The van der Waals surface area contributed by atoms with Crippen LogP contribution in [0.25, 0.3) is 0 Å². The minimum Gasteiger partial charge on any atom is -0.358 e. The number of benzene rings is 1. The predicted molar refractivity (Wildman–Crippen MR) is 82.0 cm³/mol. The first-order valence-corrected chi connectivity index (χ1v) is 7.07. The van der Waals surface area contributed by atoms with Crippen molar-refractivity contribution in [1.29, 1.82) is 0 Å². The molecule has 0 heterocycles. The summed E-state index contributed by atoms with van der Waals surface area (Å²) in [4.78, 5) is 22.3. The standard InChI is InChI=1S/C15H23N3O3/c1-10(2)8-14(15(19)16-4)17-11(3)12-6-5-7-13(9-12)18(20)21/h5-7,9-11,14,17H,8H2,1-4H3,(H,16,19). The van der Waals surface area contributed by atoms with E-state index in [0.29, 0.717) is 12.3 Å². The zero-order valence-electron chi connectivity index (χ0n) is 12.9. The van der Waals surface area contributed by atoms with Gasteiger partial charge in [0.15, 0.2) is 0 Å². The molecule has 0 saturated heterocycles. The molecule has 1 aromatic carbocycles. The van der Waals surface area contributed by atoms with Crippen LogP contribution >= 0.6 is 0 Å². The van der Waals surface area contributed by atoms with Gasteiger partial charge in [-0.1, -0.05) is 26.0 Å². The topological polar surface area (TPSA) is 84.3 Å². The highest BCUT2D eigenvalue weighted by Gasteiger charge is 2.21. The van der Waals surface area contributed by atoms with Crippen LogP contribution in [0.4, 0.5) is 5.69 Å². The van der Waals surface area contributed by atoms with Crippen molar-refractivity contribution in [3.63, 3.8) is 0 Å². The molecule has 0 bridgehead atoms. The molecule has 21 heavy (non-hydrogen) atoms. The van der Waals surface area contributed by atoms with Crippen LogP contribution in [0.15, 0.2) is 24.3 Å². The minimum absolute atomic E-state index is 0.0569. The van der Waals surface area contributed by atoms with Crippen LogP contribution in [0.1, 0.15) is 38.8 Å². The smallest absolute Gasteiger partial charge is 0.269 e. The third-order valence-corrected chi connectivity index (χ3v) is 3.30. The van der Waals surface area contributed by atoms with Gasteiger partial charge in [0.05, 0.1) is 11.0 Å². The van der Waals surface area contributed by atoms with E-state index >= 15 is 0 Å². The van der Waals surface area contributed by atoms with Crippen LogP contribution in [-0.2, 0) is 4.79 Å². The van der Waals surface area contributed by atoms with Gasteiger partial charge in [-0.3, -0.25) is 20.2 Å². The molecular weight excluding hydrogens is 270 g/mol. The van der Waals surface area contributed by atoms with Crippen molar-refractivity contribution in [2.45, 2.75) is 39.3 Å². The van der Waals surface area contributed by atoms with E-state index in [1.165, 1.54) is 12.1 Å². The maximum atomic E-state index is 11.9. The molecule has 0 saturated carbocycles. The number of nitro groups is 1. The number of nitrogens with one attached hydrogen (secondary N) is 2. The Hall–Kier alpha value is -1.95. The lowest BCUT2D eigenvalue weighted by Gasteiger charge is -2.23. The second kappa shape index (κ2) is 7.73. The zero-order valence-corrected chi connectivity index (χ0v) is 12.9. The summed E-state index contributed by atoms with van der Waals surface area (Å²) in [5.41, 5.74) is 0.850. The Morgan fingerprint density at radius 1 is 1.33 bits per heavy atom. The van der Waals surface area contributed by atoms with Crippen LogP contribution in [-0.4, -0.2) is 23.9 Å². The van der Waals surface area contributed by atoms with E-state index in [-0.39, 0.29) is 23.7 Å². The maximum absolute atomic E-state index is 11.9. The minimum atomic E-state index is -0.416. The highest BCUT2D eigenvalue weighted by atomic mass is 16.6. The number of nitro benzene ring substituents is 1. The molecule has 1 rings (SSSR count). The fourth-order valence-electron chi connectivity index (χ4n) is 2.20. The second-order valence-electron chi connectivity index (χ2n) is 5.54. The molecule has 0 aromatic heterocycles. The first kappa shape index (κ1) is 17.1. The third-order valence-electron chi connectivity index (χ3n) is 3.30. The molecule has 6 nitrogen and oxygen atoms in total. The van der Waals surface area contributed by atoms with Gasteiger partial charge >= 0.3 is 0 Å². The summed E-state index contributed by atoms with van der Waals surface area (Å²) in [5.74, 6) is 0.304. The summed E-state index contributed by atoms with van der Waals surface area (Å²) < 4.78 is 0. The average molecular weight is 293 g/mol. The van der Waals surface area contributed by atoms with E-state index in [2.05, 4.69) is 24.5 Å². The van der Waals surface area contributed by atoms with Crippen molar-refractivity contribution >= 4 is 11.6 Å². The molecule has 1 amide bonds. The van der Waals surface area contributed by atoms with E-state index in [0.717, 1.165) is 5.56 Å². The monoisotopic (exact) mass is 293 g/mol. The fourth-order valence-corrected chi connectivity index (χ4v) is 2.20. The molecule has 0 fully saturated rings. The number of rotatable bonds is 7. The van der Waals surface area contributed by atoms with E-state index < -0.39 is 4.92 Å². The number of non-ortho nitro benzene ring substituents is 1. The number of hydrogen-bond donors (Lipinski definition) is 2. The Morgan fingerprint density at radius 2 is 2.00 bits per heavy atom. The number of carbonyl (C=O) groups is 1. The van der Waals surface area contributed by atoms with E-state index in [1.807, 2.05) is 13.0 Å². The van der Waals surface area contributed by atoms with Gasteiger partial charge in [-0.15, -0.1) is 0 Å². The Labute approximate surface area is 125 Å². The van der Waals surface area contributed by atoms with Crippen LogP contribution in [0.2, 0.25) is 0 Å². The van der Waals surface area contributed by atoms with Gasteiger partial charge in [-0.05, 0) is 24.8 Å². The number of likely N-dealkylation sites (N-methyl/N-ethyl adjacent to an activating group) is 1. The number of carbonyl (C=O) groups excluding carboxylic acids is 1. The van der Waals surface area contributed by atoms with E-state index in [4.69, 9.17) is 0 Å². The predicted octanol–water partition coefficient (Wildman–Crippen LogP) is 2.41. The average Bonchev–Trinajstić information content (AvgIpc) is 2.45. The van der Waals surface area contributed by atoms with Crippen LogP contribution in [0.3, 0.4) is 0 Å². The quantitative estimate of drug-likeness (QED) is 0.597. The van der Waals surface area contributed by atoms with Crippen molar-refractivity contribution in [2.75, 3.05) is 7.05 Å². The Morgan fingerprint density at radius 3 is 2.52 bits per heavy atom. The number of nitrogens with zero attached hydrogens (tertiary/aromatic N) is 1. The van der Waals surface area contributed by atoms with Crippen molar-refractivity contribution < 1.29 is 9.72 Å². The van der Waals surface area contributed by atoms with Gasteiger partial charge in [0.25, 0.3) is 5.69 Å². The summed E-state index contributed by atoms with van der Waals surface area (Å²) in [5, 5.41) is 16.7. The Bertz CT molecular complexity index is 503. The number of hydrogen-bond acceptors (Lipinski definition) is 4. The van der Waals surface area contributed by atoms with Gasteiger partial charge in [-0.2, -0.15) is 0 Å². The number of amides is 1. The molecule has 0 aliphatic carbocycles. The van der Waals surface area contributed by atoms with Gasteiger partial charge in [0, 0.05) is 25.2 Å². The van der Waals surface area contributed by atoms with Gasteiger partial charge < -0.3 is 5.32 Å². The molecular formula is C15H23N3O3. The summed E-state index contributed by atoms with van der Waals surface area (Å²) in [6.07, 6.45) is 0.707. The second-order valence-corrected chi connectivity index (χ2v) is 5.54. The molecule has 0 spiro atoms. The Balaban J connectivity index is 2.85. The Kier molecular flexibility index (Phi) is 6.30. The van der Waals surface area contributed by atoms with Crippen LogP contribution in [0.5, 0.6) is 0 Å². The maximum Gasteiger partial charge on any atom is 0.269 e. The highest BCUT2D eigenvalue weighted by Crippen LogP contribution is 2.20. The molecule has 0 radical (unpaired) electrons. The zero-order chi connectivity index (χ0) is 16.0. The first-order valence-electron chi connectivity index (χ1n) is 7.07. The van der Waals surface area contributed by atoms with Crippen molar-refractivity contribution in [2.24, 2.45) is 5.92 Å². The van der Waals surface area contributed by atoms with Gasteiger partial charge in [0.2, 0.25) is 5.91 Å². The molecule has 0 aliphatic heterocycles. The molecule has 1 aromatic rings. The fraction of sp³-hybridized carbons (Fsp3) is 0.533. The molecule has 0 aliphatic rings. The van der Waals surface area contributed by atoms with E-state index in [1.54, 1.807) is 13.1 Å². The molecule has 2 N–H and O–H groups in total. The molecule has 2 atom stereocenters. The lowest BCUT2D eigenvalue weighted by molar-refractivity contribution is -0.384. The third kappa shape index (κ3) is 5.15. The first-order chi connectivity index (χ1) is 9.85. The summed E-state index contributed by atoms with van der Waals surface area (Å²) in [6.45, 7) is 6.00. The van der Waals surface area contributed by atoms with Crippen molar-refractivity contribution in [3.8, 4) is 0 Å². The molecule has 6 heteroatoms. The SMILES string of the molecule is CNC(=O)C(CC(C)C)NC(C)c1cccc([N+](=O)[O-])c1. The summed E-state index contributed by atoms with van der Waals surface area (Å²) >= 11 is 0. The highest BCUT2D eigenvalue weighted by molar-refractivity contribution is 5.81. The molecule has 2 unspecified atom stereocenters. The summed E-state index contributed by atoms with van der Waals surface area (Å²) in [7, 11) is 1.61. The largest absolute Gasteiger partial charge is 0.358 e. The van der Waals surface area contributed by atoms with Gasteiger partial charge in [-0.25, -0.2) is 0 Å².